The number of hydrogen-bond acceptors (Lipinski definition) is 2. The van der Waals surface area contributed by atoms with Gasteiger partial charge < -0.3 is 10.4 Å². The Balaban J connectivity index is 2.14. The molecular weight excluding hydrogens is 193 g/mol. The predicted molar refractivity (Wildman–Crippen MR) is 57.1 cm³/mol. The Bertz CT molecular complexity index is 353. The first-order valence-corrected chi connectivity index (χ1v) is 5.36. The minimum absolute atomic E-state index is 0.0889. The van der Waals surface area contributed by atoms with Gasteiger partial charge in [-0.2, -0.15) is 0 Å². The smallest absolute Gasteiger partial charge is 0.123 e. The van der Waals surface area contributed by atoms with E-state index in [0.717, 1.165) is 18.4 Å². The number of aryl methyl sites for hydroxylation is 1. The molecule has 0 amide bonds. The van der Waals surface area contributed by atoms with E-state index in [4.69, 9.17) is 5.11 Å². The largest absolute Gasteiger partial charge is 0.395 e. The molecule has 82 valence electrons. The Labute approximate surface area is 89.1 Å². The summed E-state index contributed by atoms with van der Waals surface area (Å²) in [5.74, 6) is -0.162. The van der Waals surface area contributed by atoms with Crippen LogP contribution in [-0.2, 0) is 6.42 Å². The first kappa shape index (κ1) is 10.6. The van der Waals surface area contributed by atoms with Crippen LogP contribution in [-0.4, -0.2) is 17.8 Å². The lowest BCUT2D eigenvalue weighted by molar-refractivity contribution is 0.240. The maximum Gasteiger partial charge on any atom is 0.123 e. The van der Waals surface area contributed by atoms with Crippen molar-refractivity contribution in [3.63, 3.8) is 0 Å². The molecule has 1 unspecified atom stereocenters. The van der Waals surface area contributed by atoms with E-state index in [-0.39, 0.29) is 24.5 Å². The number of nitrogens with one attached hydrogen (secondary N) is 1. The second kappa shape index (κ2) is 4.29. The van der Waals surface area contributed by atoms with Gasteiger partial charge in [0.2, 0.25) is 0 Å². The summed E-state index contributed by atoms with van der Waals surface area (Å²) < 4.78 is 13.0. The van der Waals surface area contributed by atoms with Crippen molar-refractivity contribution in [2.24, 2.45) is 0 Å². The zero-order valence-corrected chi connectivity index (χ0v) is 8.83. The van der Waals surface area contributed by atoms with Crippen molar-refractivity contribution < 1.29 is 9.50 Å². The van der Waals surface area contributed by atoms with Gasteiger partial charge in [0.1, 0.15) is 5.82 Å². The number of aliphatic hydroxyl groups excluding tert-OH is 1. The van der Waals surface area contributed by atoms with Crippen LogP contribution in [0.25, 0.3) is 0 Å². The summed E-state index contributed by atoms with van der Waals surface area (Å²) in [6.07, 6.45) is 1.91. The Morgan fingerprint density at radius 2 is 2.40 bits per heavy atom. The van der Waals surface area contributed by atoms with Crippen molar-refractivity contribution in [3.8, 4) is 0 Å². The van der Waals surface area contributed by atoms with E-state index in [1.807, 2.05) is 13.0 Å². The molecule has 1 aliphatic carbocycles. The van der Waals surface area contributed by atoms with Gasteiger partial charge in [-0.05, 0) is 43.0 Å². The normalized spacial score (nSPS) is 21.4. The highest BCUT2D eigenvalue weighted by atomic mass is 19.1. The quantitative estimate of drug-likeness (QED) is 0.795. The summed E-state index contributed by atoms with van der Waals surface area (Å²) in [6.45, 7) is 2.08. The highest BCUT2D eigenvalue weighted by Gasteiger charge is 2.23. The second-order valence-electron chi connectivity index (χ2n) is 4.18. The molecule has 1 aromatic carbocycles. The van der Waals surface area contributed by atoms with Crippen molar-refractivity contribution >= 4 is 0 Å². The lowest BCUT2D eigenvalue weighted by Gasteiger charge is -2.18. The number of rotatable bonds is 3. The van der Waals surface area contributed by atoms with Gasteiger partial charge in [0.15, 0.2) is 0 Å². The van der Waals surface area contributed by atoms with Crippen LogP contribution < -0.4 is 5.32 Å². The molecule has 0 fully saturated rings. The first-order valence-electron chi connectivity index (χ1n) is 5.36. The number of halogens is 1. The van der Waals surface area contributed by atoms with Crippen molar-refractivity contribution in [2.45, 2.75) is 31.8 Å². The molecule has 0 aromatic heterocycles. The van der Waals surface area contributed by atoms with E-state index < -0.39 is 0 Å². The fourth-order valence-electron chi connectivity index (χ4n) is 2.16. The van der Waals surface area contributed by atoms with Crippen molar-refractivity contribution in [3.05, 3.63) is 35.1 Å². The van der Waals surface area contributed by atoms with Crippen LogP contribution in [0.4, 0.5) is 4.39 Å². The number of fused-ring (bicyclic) bond motifs is 1. The van der Waals surface area contributed by atoms with Gasteiger partial charge in [-0.15, -0.1) is 0 Å². The highest BCUT2D eigenvalue weighted by molar-refractivity contribution is 5.35. The van der Waals surface area contributed by atoms with E-state index >= 15 is 0 Å². The van der Waals surface area contributed by atoms with Gasteiger partial charge >= 0.3 is 0 Å². The molecule has 0 heterocycles. The van der Waals surface area contributed by atoms with Gasteiger partial charge in [-0.3, -0.25) is 0 Å². The summed E-state index contributed by atoms with van der Waals surface area (Å²) in [4.78, 5) is 0. The maximum absolute atomic E-state index is 13.0. The summed E-state index contributed by atoms with van der Waals surface area (Å²) in [6, 6.07) is 5.32. The fraction of sp³-hybridized carbons (Fsp3) is 0.500. The van der Waals surface area contributed by atoms with E-state index in [9.17, 15) is 4.39 Å². The van der Waals surface area contributed by atoms with Crippen LogP contribution in [0.5, 0.6) is 0 Å². The molecule has 0 radical (unpaired) electrons. The Kier molecular flexibility index (Phi) is 3.03. The van der Waals surface area contributed by atoms with Crippen molar-refractivity contribution in [2.75, 3.05) is 6.61 Å². The molecule has 15 heavy (non-hydrogen) atoms. The average molecular weight is 209 g/mol. The Morgan fingerprint density at radius 3 is 3.13 bits per heavy atom. The molecule has 1 aromatic rings. The second-order valence-corrected chi connectivity index (χ2v) is 4.18. The number of aliphatic hydroxyl groups is 1. The van der Waals surface area contributed by atoms with Crippen LogP contribution in [0.2, 0.25) is 0 Å². The zero-order valence-electron chi connectivity index (χ0n) is 8.83. The van der Waals surface area contributed by atoms with E-state index in [0.29, 0.717) is 0 Å². The van der Waals surface area contributed by atoms with Gasteiger partial charge in [-0.1, -0.05) is 6.07 Å². The maximum atomic E-state index is 13.0. The lowest BCUT2D eigenvalue weighted by atomic mass is 10.1. The SMILES string of the molecule is C[C@H](CO)NC1CCc2cc(F)ccc21. The molecule has 0 saturated carbocycles. The monoisotopic (exact) mass is 209 g/mol. The molecule has 2 N–H and O–H groups in total. The van der Waals surface area contributed by atoms with Crippen molar-refractivity contribution in [1.82, 2.24) is 5.32 Å². The fourth-order valence-corrected chi connectivity index (χ4v) is 2.16. The standard InChI is InChI=1S/C12H16FNO/c1-8(7-15)14-12-5-2-9-6-10(13)3-4-11(9)12/h3-4,6,8,12,14-15H,2,5,7H2,1H3/t8-,12?/m1/s1. The third-order valence-corrected chi connectivity index (χ3v) is 2.94. The minimum Gasteiger partial charge on any atom is -0.395 e. The van der Waals surface area contributed by atoms with Gasteiger partial charge in [0, 0.05) is 12.1 Å². The molecule has 0 saturated heterocycles. The van der Waals surface area contributed by atoms with E-state index in [1.54, 1.807) is 6.07 Å². The first-order chi connectivity index (χ1) is 7.20. The number of benzene rings is 1. The highest BCUT2D eigenvalue weighted by Crippen LogP contribution is 2.31. The molecule has 3 heteroatoms. The summed E-state index contributed by atoms with van der Waals surface area (Å²) in [7, 11) is 0. The third kappa shape index (κ3) is 2.19. The Morgan fingerprint density at radius 1 is 1.60 bits per heavy atom. The zero-order chi connectivity index (χ0) is 10.8. The van der Waals surface area contributed by atoms with Gasteiger partial charge in [0.05, 0.1) is 6.61 Å². The molecular formula is C12H16FNO. The third-order valence-electron chi connectivity index (χ3n) is 2.94. The van der Waals surface area contributed by atoms with Crippen molar-refractivity contribution in [1.29, 1.82) is 0 Å². The molecule has 2 nitrogen and oxygen atoms in total. The van der Waals surface area contributed by atoms with Crippen LogP contribution in [0, 0.1) is 5.82 Å². The summed E-state index contributed by atoms with van der Waals surface area (Å²) in [5, 5.41) is 12.3. The topological polar surface area (TPSA) is 32.3 Å². The van der Waals surface area contributed by atoms with Gasteiger partial charge in [-0.25, -0.2) is 4.39 Å². The van der Waals surface area contributed by atoms with Crippen LogP contribution >= 0.6 is 0 Å². The molecule has 2 rings (SSSR count). The van der Waals surface area contributed by atoms with Crippen LogP contribution in [0.15, 0.2) is 18.2 Å². The summed E-state index contributed by atoms with van der Waals surface area (Å²) in [5.41, 5.74) is 2.27. The Hall–Kier alpha value is -0.930. The minimum atomic E-state index is -0.162. The number of hydrogen-bond donors (Lipinski definition) is 2. The van der Waals surface area contributed by atoms with E-state index in [2.05, 4.69) is 5.32 Å². The molecule has 0 bridgehead atoms. The van der Waals surface area contributed by atoms with Gasteiger partial charge in [0.25, 0.3) is 0 Å². The lowest BCUT2D eigenvalue weighted by Crippen LogP contribution is -2.32. The van der Waals surface area contributed by atoms with E-state index in [1.165, 1.54) is 11.6 Å². The average Bonchev–Trinajstić information content (AvgIpc) is 2.60. The molecule has 0 aliphatic heterocycles. The molecule has 1 aliphatic rings. The van der Waals surface area contributed by atoms with Crippen LogP contribution in [0.3, 0.4) is 0 Å². The predicted octanol–water partition coefficient (Wildman–Crippen LogP) is 1.78. The molecule has 2 atom stereocenters. The molecule has 0 spiro atoms. The van der Waals surface area contributed by atoms with Crippen LogP contribution in [0.1, 0.15) is 30.5 Å². The summed E-state index contributed by atoms with van der Waals surface area (Å²) >= 11 is 0.